The number of carboxylic acid groups (broad SMARTS) is 1. The molecule has 0 aromatic carbocycles. The number of ether oxygens (including phenoxy) is 2. The quantitative estimate of drug-likeness (QED) is 0.548. The van der Waals surface area contributed by atoms with Gasteiger partial charge in [-0.15, -0.1) is 0 Å². The summed E-state index contributed by atoms with van der Waals surface area (Å²) in [4.78, 5) is 21.9. The SMILES string of the molecule is COCC(CCCNC(=O)OC(C)(C)C)NCC(=O)O. The van der Waals surface area contributed by atoms with E-state index in [-0.39, 0.29) is 12.6 Å². The molecular formula is C13H26N2O5. The van der Waals surface area contributed by atoms with Crippen molar-refractivity contribution in [2.24, 2.45) is 0 Å². The van der Waals surface area contributed by atoms with Crippen molar-refractivity contribution in [3.63, 3.8) is 0 Å². The van der Waals surface area contributed by atoms with E-state index in [1.165, 1.54) is 0 Å². The van der Waals surface area contributed by atoms with Crippen LogP contribution in [0.15, 0.2) is 0 Å². The molecule has 0 saturated heterocycles. The van der Waals surface area contributed by atoms with Crippen LogP contribution in [0.2, 0.25) is 0 Å². The minimum Gasteiger partial charge on any atom is -0.480 e. The summed E-state index contributed by atoms with van der Waals surface area (Å²) in [6.45, 7) is 6.21. The first kappa shape index (κ1) is 18.7. The van der Waals surface area contributed by atoms with Crippen molar-refractivity contribution in [1.29, 1.82) is 0 Å². The van der Waals surface area contributed by atoms with E-state index in [0.717, 1.165) is 0 Å². The standard InChI is InChI=1S/C13H26N2O5/c1-13(2,3)20-12(18)14-7-5-6-10(9-19-4)15-8-11(16)17/h10,15H,5-9H2,1-4H3,(H,14,18)(H,16,17). The summed E-state index contributed by atoms with van der Waals surface area (Å²) in [6, 6.07) is -0.0449. The number of rotatable bonds is 9. The van der Waals surface area contributed by atoms with Crippen molar-refractivity contribution in [2.75, 3.05) is 26.8 Å². The van der Waals surface area contributed by atoms with Crippen LogP contribution in [0, 0.1) is 0 Å². The van der Waals surface area contributed by atoms with E-state index >= 15 is 0 Å². The lowest BCUT2D eigenvalue weighted by molar-refractivity contribution is -0.136. The molecule has 20 heavy (non-hydrogen) atoms. The lowest BCUT2D eigenvalue weighted by Crippen LogP contribution is -2.38. The zero-order valence-corrected chi connectivity index (χ0v) is 12.7. The average molecular weight is 290 g/mol. The smallest absolute Gasteiger partial charge is 0.407 e. The Labute approximate surface area is 120 Å². The molecule has 118 valence electrons. The van der Waals surface area contributed by atoms with Gasteiger partial charge in [0, 0.05) is 19.7 Å². The van der Waals surface area contributed by atoms with E-state index in [1.807, 2.05) is 0 Å². The maximum absolute atomic E-state index is 11.4. The van der Waals surface area contributed by atoms with Gasteiger partial charge in [-0.05, 0) is 33.6 Å². The van der Waals surface area contributed by atoms with E-state index in [2.05, 4.69) is 10.6 Å². The zero-order valence-electron chi connectivity index (χ0n) is 12.7. The minimum atomic E-state index is -0.905. The maximum atomic E-state index is 11.4. The monoisotopic (exact) mass is 290 g/mol. The number of hydrogen-bond donors (Lipinski definition) is 3. The fraction of sp³-hybridized carbons (Fsp3) is 0.846. The van der Waals surface area contributed by atoms with Crippen LogP contribution in [-0.4, -0.2) is 55.6 Å². The predicted octanol–water partition coefficient (Wildman–Crippen LogP) is 0.981. The molecule has 7 heteroatoms. The summed E-state index contributed by atoms with van der Waals surface area (Å²) >= 11 is 0. The van der Waals surface area contributed by atoms with Crippen LogP contribution in [-0.2, 0) is 14.3 Å². The summed E-state index contributed by atoms with van der Waals surface area (Å²) in [5, 5.41) is 14.1. The summed E-state index contributed by atoms with van der Waals surface area (Å²) < 4.78 is 10.1. The van der Waals surface area contributed by atoms with E-state index in [9.17, 15) is 9.59 Å². The molecule has 0 aliphatic rings. The van der Waals surface area contributed by atoms with Gasteiger partial charge in [-0.2, -0.15) is 0 Å². The molecule has 0 aromatic rings. The Hall–Kier alpha value is -1.34. The van der Waals surface area contributed by atoms with Crippen LogP contribution < -0.4 is 10.6 Å². The van der Waals surface area contributed by atoms with Gasteiger partial charge in [-0.25, -0.2) is 4.79 Å². The summed E-state index contributed by atoms with van der Waals surface area (Å²) in [6.07, 6.45) is 0.968. The molecule has 7 nitrogen and oxygen atoms in total. The van der Waals surface area contributed by atoms with Gasteiger partial charge in [0.25, 0.3) is 0 Å². The van der Waals surface area contributed by atoms with E-state index in [1.54, 1.807) is 27.9 Å². The third-order valence-corrected chi connectivity index (χ3v) is 2.31. The number of amides is 1. The molecule has 3 N–H and O–H groups in total. The number of methoxy groups -OCH3 is 1. The third-order valence-electron chi connectivity index (χ3n) is 2.31. The highest BCUT2D eigenvalue weighted by Gasteiger charge is 2.15. The van der Waals surface area contributed by atoms with Crippen molar-refractivity contribution < 1.29 is 24.2 Å². The minimum absolute atomic E-state index is 0.0449. The second-order valence-corrected chi connectivity index (χ2v) is 5.50. The van der Waals surface area contributed by atoms with Gasteiger partial charge in [0.2, 0.25) is 0 Å². The Morgan fingerprint density at radius 1 is 1.30 bits per heavy atom. The highest BCUT2D eigenvalue weighted by molar-refractivity contribution is 5.69. The summed E-state index contributed by atoms with van der Waals surface area (Å²) in [7, 11) is 1.56. The number of alkyl carbamates (subject to hydrolysis) is 1. The first-order chi connectivity index (χ1) is 9.24. The van der Waals surface area contributed by atoms with Crippen LogP contribution in [0.4, 0.5) is 4.79 Å². The Kier molecular flexibility index (Phi) is 8.91. The number of carbonyl (C=O) groups is 2. The van der Waals surface area contributed by atoms with Gasteiger partial charge in [-0.1, -0.05) is 0 Å². The first-order valence-corrected chi connectivity index (χ1v) is 6.65. The number of aliphatic carboxylic acids is 1. The molecule has 0 rings (SSSR count). The summed E-state index contributed by atoms with van der Waals surface area (Å²) in [5.41, 5.74) is -0.508. The van der Waals surface area contributed by atoms with Crippen LogP contribution in [0.3, 0.4) is 0 Å². The Balaban J connectivity index is 3.82. The molecule has 0 aliphatic heterocycles. The van der Waals surface area contributed by atoms with Gasteiger partial charge >= 0.3 is 12.1 Å². The molecule has 0 aromatic heterocycles. The second-order valence-electron chi connectivity index (χ2n) is 5.50. The van der Waals surface area contributed by atoms with Crippen molar-refractivity contribution in [2.45, 2.75) is 45.3 Å². The number of nitrogens with one attached hydrogen (secondary N) is 2. The number of carboxylic acids is 1. The van der Waals surface area contributed by atoms with Gasteiger partial charge < -0.3 is 25.2 Å². The number of hydrogen-bond acceptors (Lipinski definition) is 5. The molecule has 0 fully saturated rings. The zero-order chi connectivity index (χ0) is 15.6. The lowest BCUT2D eigenvalue weighted by Gasteiger charge is -2.20. The summed E-state index contributed by atoms with van der Waals surface area (Å²) in [5.74, 6) is -0.905. The van der Waals surface area contributed by atoms with Crippen molar-refractivity contribution in [3.8, 4) is 0 Å². The van der Waals surface area contributed by atoms with E-state index in [4.69, 9.17) is 14.6 Å². The van der Waals surface area contributed by atoms with Gasteiger partial charge in [0.05, 0.1) is 13.2 Å². The van der Waals surface area contributed by atoms with Crippen molar-refractivity contribution in [3.05, 3.63) is 0 Å². The topological polar surface area (TPSA) is 96.9 Å². The molecule has 0 heterocycles. The molecule has 0 bridgehead atoms. The second kappa shape index (κ2) is 9.55. The van der Waals surface area contributed by atoms with Crippen LogP contribution in [0.1, 0.15) is 33.6 Å². The average Bonchev–Trinajstić information content (AvgIpc) is 2.28. The third kappa shape index (κ3) is 11.7. The Morgan fingerprint density at radius 2 is 1.95 bits per heavy atom. The Bertz CT molecular complexity index is 302. The predicted molar refractivity (Wildman–Crippen MR) is 74.8 cm³/mol. The fourth-order valence-electron chi connectivity index (χ4n) is 1.53. The molecule has 0 aliphatic carbocycles. The molecule has 0 saturated carbocycles. The maximum Gasteiger partial charge on any atom is 0.407 e. The molecule has 1 amide bonds. The largest absolute Gasteiger partial charge is 0.480 e. The highest BCUT2D eigenvalue weighted by atomic mass is 16.6. The van der Waals surface area contributed by atoms with Gasteiger partial charge in [0.1, 0.15) is 5.60 Å². The van der Waals surface area contributed by atoms with Crippen LogP contribution >= 0.6 is 0 Å². The molecule has 0 radical (unpaired) electrons. The van der Waals surface area contributed by atoms with Gasteiger partial charge in [-0.3, -0.25) is 4.79 Å². The van der Waals surface area contributed by atoms with Crippen LogP contribution in [0.5, 0.6) is 0 Å². The fourth-order valence-corrected chi connectivity index (χ4v) is 1.53. The Morgan fingerprint density at radius 3 is 2.45 bits per heavy atom. The molecule has 1 atom stereocenters. The van der Waals surface area contributed by atoms with Crippen molar-refractivity contribution >= 4 is 12.1 Å². The van der Waals surface area contributed by atoms with E-state index < -0.39 is 17.7 Å². The highest BCUT2D eigenvalue weighted by Crippen LogP contribution is 2.06. The van der Waals surface area contributed by atoms with Crippen molar-refractivity contribution in [1.82, 2.24) is 10.6 Å². The first-order valence-electron chi connectivity index (χ1n) is 6.65. The number of carbonyl (C=O) groups excluding carboxylic acids is 1. The van der Waals surface area contributed by atoms with Gasteiger partial charge in [0.15, 0.2) is 0 Å². The lowest BCUT2D eigenvalue weighted by atomic mass is 10.1. The molecular weight excluding hydrogens is 264 g/mol. The molecule has 1 unspecified atom stereocenters. The van der Waals surface area contributed by atoms with E-state index in [0.29, 0.717) is 26.0 Å². The molecule has 0 spiro atoms. The van der Waals surface area contributed by atoms with Crippen LogP contribution in [0.25, 0.3) is 0 Å². The normalized spacial score (nSPS) is 12.8.